The molecule has 2 aromatic rings. The second kappa shape index (κ2) is 4.58. The third kappa shape index (κ3) is 2.62. The summed E-state index contributed by atoms with van der Waals surface area (Å²) in [6.07, 6.45) is 4.06. The first-order valence-corrected chi connectivity index (χ1v) is 6.88. The molecule has 1 N–H and O–H groups in total. The van der Waals surface area contributed by atoms with E-state index in [1.54, 1.807) is 20.0 Å². The fourth-order valence-electron chi connectivity index (χ4n) is 1.37. The largest absolute Gasteiger partial charge is 0.278 e. The molecule has 2 heterocycles. The van der Waals surface area contributed by atoms with Crippen molar-refractivity contribution in [3.8, 4) is 0 Å². The second-order valence-electron chi connectivity index (χ2n) is 3.79. The zero-order valence-electron chi connectivity index (χ0n) is 9.75. The third-order valence-corrected chi connectivity index (χ3v) is 3.99. The van der Waals surface area contributed by atoms with Crippen LogP contribution in [0.2, 0.25) is 5.15 Å². The first-order valence-electron chi connectivity index (χ1n) is 5.02. The van der Waals surface area contributed by atoms with E-state index in [1.165, 1.54) is 23.3 Å². The van der Waals surface area contributed by atoms with Crippen LogP contribution in [0, 0.1) is 6.92 Å². The average Bonchev–Trinajstić information content (AvgIpc) is 2.71. The van der Waals surface area contributed by atoms with Gasteiger partial charge in [-0.1, -0.05) is 11.6 Å². The predicted molar refractivity (Wildman–Crippen MR) is 68.0 cm³/mol. The van der Waals surface area contributed by atoms with Gasteiger partial charge in [0.1, 0.15) is 10.0 Å². The van der Waals surface area contributed by atoms with Crippen LogP contribution in [0.5, 0.6) is 0 Å². The number of hydrogen-bond donors (Lipinski definition) is 1. The van der Waals surface area contributed by atoms with Gasteiger partial charge in [0.15, 0.2) is 0 Å². The van der Waals surface area contributed by atoms with E-state index in [-0.39, 0.29) is 4.90 Å². The first-order chi connectivity index (χ1) is 8.38. The monoisotopic (exact) mass is 286 g/mol. The Morgan fingerprint density at radius 1 is 1.39 bits per heavy atom. The number of halogens is 1. The molecule has 0 aliphatic heterocycles. The molecule has 0 aliphatic carbocycles. The van der Waals surface area contributed by atoms with Gasteiger partial charge in [-0.15, -0.1) is 0 Å². The minimum Gasteiger partial charge on any atom is -0.278 e. The van der Waals surface area contributed by atoms with Crippen molar-refractivity contribution >= 4 is 27.3 Å². The van der Waals surface area contributed by atoms with Gasteiger partial charge in [0.05, 0.1) is 18.1 Å². The van der Waals surface area contributed by atoms with Crippen LogP contribution in [-0.4, -0.2) is 23.2 Å². The molecule has 0 spiro atoms. The van der Waals surface area contributed by atoms with Crippen LogP contribution in [0.1, 0.15) is 5.56 Å². The van der Waals surface area contributed by atoms with Gasteiger partial charge in [-0.05, 0) is 18.6 Å². The number of aromatic nitrogens is 3. The van der Waals surface area contributed by atoms with Crippen LogP contribution < -0.4 is 4.72 Å². The van der Waals surface area contributed by atoms with Crippen LogP contribution in [0.25, 0.3) is 0 Å². The summed E-state index contributed by atoms with van der Waals surface area (Å²) in [5.74, 6) is 0. The molecule has 96 valence electrons. The number of pyridine rings is 1. The van der Waals surface area contributed by atoms with Gasteiger partial charge in [0.2, 0.25) is 0 Å². The summed E-state index contributed by atoms with van der Waals surface area (Å²) in [7, 11) is -1.99. The Morgan fingerprint density at radius 3 is 2.67 bits per heavy atom. The lowest BCUT2D eigenvalue weighted by molar-refractivity contribution is 0.601. The van der Waals surface area contributed by atoms with E-state index in [4.69, 9.17) is 11.6 Å². The molecule has 0 radical (unpaired) electrons. The van der Waals surface area contributed by atoms with Crippen molar-refractivity contribution in [1.82, 2.24) is 14.8 Å². The molecule has 0 saturated heterocycles. The van der Waals surface area contributed by atoms with Gasteiger partial charge in [0.25, 0.3) is 10.0 Å². The minimum absolute atomic E-state index is 0.0950. The maximum absolute atomic E-state index is 12.0. The Morgan fingerprint density at radius 2 is 2.11 bits per heavy atom. The van der Waals surface area contributed by atoms with E-state index in [1.807, 2.05) is 0 Å². The molecular weight excluding hydrogens is 276 g/mol. The summed E-state index contributed by atoms with van der Waals surface area (Å²) in [5, 5.41) is 4.16. The molecule has 0 aromatic carbocycles. The van der Waals surface area contributed by atoms with Crippen molar-refractivity contribution in [2.75, 3.05) is 4.72 Å². The highest BCUT2D eigenvalue weighted by Gasteiger charge is 2.16. The van der Waals surface area contributed by atoms with Crippen molar-refractivity contribution in [3.63, 3.8) is 0 Å². The van der Waals surface area contributed by atoms with E-state index in [2.05, 4.69) is 14.8 Å². The summed E-state index contributed by atoms with van der Waals surface area (Å²) in [6.45, 7) is 1.75. The molecule has 2 rings (SSSR count). The molecule has 0 atom stereocenters. The zero-order valence-corrected chi connectivity index (χ0v) is 11.3. The standard InChI is InChI=1S/C10H11ClN4O2S/c1-7-3-8(4-12-10(7)11)14-18(16,17)9-5-13-15(2)6-9/h3-6,14H,1-2H3. The summed E-state index contributed by atoms with van der Waals surface area (Å²) >= 11 is 5.77. The lowest BCUT2D eigenvalue weighted by Gasteiger charge is -2.06. The molecule has 0 saturated carbocycles. The van der Waals surface area contributed by atoms with E-state index in [9.17, 15) is 8.42 Å². The van der Waals surface area contributed by atoms with Gasteiger partial charge in [-0.25, -0.2) is 13.4 Å². The number of sulfonamides is 1. The van der Waals surface area contributed by atoms with Crippen molar-refractivity contribution in [1.29, 1.82) is 0 Å². The Balaban J connectivity index is 2.30. The first kappa shape index (κ1) is 12.8. The molecule has 0 unspecified atom stereocenters. The molecule has 0 fully saturated rings. The van der Waals surface area contributed by atoms with Crippen molar-refractivity contribution < 1.29 is 8.42 Å². The summed E-state index contributed by atoms with van der Waals surface area (Å²) in [6, 6.07) is 1.61. The molecule has 0 bridgehead atoms. The van der Waals surface area contributed by atoms with Crippen LogP contribution in [0.3, 0.4) is 0 Å². The molecule has 2 aromatic heterocycles. The third-order valence-electron chi connectivity index (χ3n) is 2.26. The number of nitrogens with zero attached hydrogens (tertiary/aromatic N) is 3. The van der Waals surface area contributed by atoms with Gasteiger partial charge in [-0.2, -0.15) is 5.10 Å². The topological polar surface area (TPSA) is 76.9 Å². The summed E-state index contributed by atoms with van der Waals surface area (Å²) < 4.78 is 27.8. The van der Waals surface area contributed by atoms with E-state index in [0.717, 1.165) is 0 Å². The minimum atomic E-state index is -3.64. The van der Waals surface area contributed by atoms with Crippen molar-refractivity contribution in [2.24, 2.45) is 7.05 Å². The Kier molecular flexibility index (Phi) is 3.27. The lowest BCUT2D eigenvalue weighted by Crippen LogP contribution is -2.12. The lowest BCUT2D eigenvalue weighted by atomic mass is 10.3. The molecule has 0 amide bonds. The fraction of sp³-hybridized carbons (Fsp3) is 0.200. The maximum Gasteiger partial charge on any atom is 0.265 e. The number of nitrogens with one attached hydrogen (secondary N) is 1. The summed E-state index contributed by atoms with van der Waals surface area (Å²) in [5.41, 5.74) is 1.06. The Bertz CT molecular complexity index is 681. The van der Waals surface area contributed by atoms with Crippen molar-refractivity contribution in [2.45, 2.75) is 11.8 Å². The van der Waals surface area contributed by atoms with E-state index < -0.39 is 10.0 Å². The number of hydrogen-bond acceptors (Lipinski definition) is 4. The Hall–Kier alpha value is -1.60. The van der Waals surface area contributed by atoms with Crippen LogP contribution in [0.4, 0.5) is 5.69 Å². The van der Waals surface area contributed by atoms with Gasteiger partial charge >= 0.3 is 0 Å². The predicted octanol–water partition coefficient (Wildman–Crippen LogP) is 1.58. The molecule has 6 nitrogen and oxygen atoms in total. The normalized spacial score (nSPS) is 11.5. The SMILES string of the molecule is Cc1cc(NS(=O)(=O)c2cnn(C)c2)cnc1Cl. The molecular formula is C10H11ClN4O2S. The number of rotatable bonds is 3. The maximum atomic E-state index is 12.0. The van der Waals surface area contributed by atoms with Crippen LogP contribution >= 0.6 is 11.6 Å². The molecule has 0 aliphatic rings. The van der Waals surface area contributed by atoms with Gasteiger partial charge in [-0.3, -0.25) is 9.40 Å². The van der Waals surface area contributed by atoms with Crippen LogP contribution in [0.15, 0.2) is 29.6 Å². The number of anilines is 1. The van der Waals surface area contributed by atoms with Gasteiger partial charge in [0, 0.05) is 13.2 Å². The second-order valence-corrected chi connectivity index (χ2v) is 5.83. The highest BCUT2D eigenvalue weighted by molar-refractivity contribution is 7.92. The van der Waals surface area contributed by atoms with Crippen molar-refractivity contribution in [3.05, 3.63) is 35.4 Å². The smallest absolute Gasteiger partial charge is 0.265 e. The number of aryl methyl sites for hydroxylation is 2. The fourth-order valence-corrected chi connectivity index (χ4v) is 2.49. The van der Waals surface area contributed by atoms with Gasteiger partial charge < -0.3 is 0 Å². The zero-order chi connectivity index (χ0) is 13.3. The summed E-state index contributed by atoms with van der Waals surface area (Å²) in [4.78, 5) is 3.97. The quantitative estimate of drug-likeness (QED) is 0.869. The molecule has 8 heteroatoms. The van der Waals surface area contributed by atoms with Crippen LogP contribution in [-0.2, 0) is 17.1 Å². The highest BCUT2D eigenvalue weighted by Crippen LogP contribution is 2.19. The van der Waals surface area contributed by atoms with E-state index in [0.29, 0.717) is 16.4 Å². The average molecular weight is 287 g/mol. The molecule has 18 heavy (non-hydrogen) atoms. The Labute approximate surface area is 110 Å². The van der Waals surface area contributed by atoms with E-state index >= 15 is 0 Å². The highest BCUT2D eigenvalue weighted by atomic mass is 35.5.